The van der Waals surface area contributed by atoms with Gasteiger partial charge in [-0.15, -0.1) is 11.3 Å². The number of fused-ring (bicyclic) bond motifs is 4. The molecule has 2 aromatic carbocycles. The lowest BCUT2D eigenvalue weighted by Gasteiger charge is -2.12. The van der Waals surface area contributed by atoms with Gasteiger partial charge in [0.15, 0.2) is 0 Å². The molecule has 0 spiro atoms. The number of aromatic nitrogens is 2. The van der Waals surface area contributed by atoms with Crippen LogP contribution < -0.4 is 0 Å². The van der Waals surface area contributed by atoms with Gasteiger partial charge >= 0.3 is 0 Å². The molecule has 1 heterocycles. The second-order valence-electron chi connectivity index (χ2n) is 7.02. The summed E-state index contributed by atoms with van der Waals surface area (Å²) in [4.78, 5) is 10.5. The maximum absolute atomic E-state index is 6.45. The van der Waals surface area contributed by atoms with Gasteiger partial charge in [-0.3, -0.25) is 0 Å². The Kier molecular flexibility index (Phi) is 4.14. The smallest absolute Gasteiger partial charge is 0.201 e. The topological polar surface area (TPSA) is 28.7 Å². The summed E-state index contributed by atoms with van der Waals surface area (Å²) in [5.74, 6) is 0. The molecule has 134 valence electrons. The molecule has 0 bridgehead atoms. The Balaban J connectivity index is 1.70. The summed E-state index contributed by atoms with van der Waals surface area (Å²) in [5, 5.41) is 0.421. The van der Waals surface area contributed by atoms with Crippen LogP contribution in [0.25, 0.3) is 28.5 Å². The van der Waals surface area contributed by atoms with E-state index < -0.39 is 0 Å². The van der Waals surface area contributed by atoms with Crippen LogP contribution in [-0.4, -0.2) is 9.97 Å². The number of halogens is 1. The Morgan fingerprint density at radius 1 is 1.07 bits per heavy atom. The molecule has 0 unspecified atom stereocenters. The van der Waals surface area contributed by atoms with E-state index in [1.807, 2.05) is 11.3 Å². The molecule has 4 heteroatoms. The zero-order valence-electron chi connectivity index (χ0n) is 15.1. The van der Waals surface area contributed by atoms with Crippen molar-refractivity contribution in [2.24, 2.45) is 0 Å². The summed E-state index contributed by atoms with van der Waals surface area (Å²) < 4.78 is 0. The summed E-state index contributed by atoms with van der Waals surface area (Å²) in [6.45, 7) is 2.14. The second kappa shape index (κ2) is 6.66. The third kappa shape index (κ3) is 3.01. The molecule has 0 saturated heterocycles. The predicted molar refractivity (Wildman–Crippen MR) is 115 cm³/mol. The minimum Gasteiger partial charge on any atom is -0.329 e. The van der Waals surface area contributed by atoms with Gasteiger partial charge in [0, 0.05) is 15.3 Å². The highest BCUT2D eigenvalue weighted by Crippen LogP contribution is 2.39. The standard InChI is InChI=1S/C23H19ClN2S/c1-14-22(26-23(24)25-20-8-4-5-9-21(20)27-14)17-11-10-16-12-15-6-2-3-7-18(15)19(16)13-17/h2-4,6-8,10-11,13H,5,9,12H2,1H3,(H,25,26). The lowest BCUT2D eigenvalue weighted by molar-refractivity contribution is 0.988. The van der Waals surface area contributed by atoms with E-state index >= 15 is 0 Å². The highest BCUT2D eigenvalue weighted by Gasteiger charge is 2.19. The predicted octanol–water partition coefficient (Wildman–Crippen LogP) is 6.76. The van der Waals surface area contributed by atoms with Crippen LogP contribution in [0.15, 0.2) is 48.5 Å². The Bertz CT molecular complexity index is 1140. The summed E-state index contributed by atoms with van der Waals surface area (Å²) in [7, 11) is 0. The second-order valence-corrected chi connectivity index (χ2v) is 8.69. The lowest BCUT2D eigenvalue weighted by Crippen LogP contribution is -1.97. The van der Waals surface area contributed by atoms with Crippen molar-refractivity contribution in [1.82, 2.24) is 9.97 Å². The fourth-order valence-electron chi connectivity index (χ4n) is 3.95. The van der Waals surface area contributed by atoms with E-state index in [4.69, 9.17) is 16.6 Å². The molecule has 5 rings (SSSR count). The van der Waals surface area contributed by atoms with Crippen LogP contribution in [0, 0.1) is 6.92 Å². The van der Waals surface area contributed by atoms with Crippen LogP contribution in [0.1, 0.15) is 33.0 Å². The number of allylic oxidation sites excluding steroid dienone is 1. The zero-order valence-corrected chi connectivity index (χ0v) is 16.6. The fraction of sp³-hybridized carbons (Fsp3) is 0.174. The van der Waals surface area contributed by atoms with E-state index in [-0.39, 0.29) is 0 Å². The van der Waals surface area contributed by atoms with Crippen molar-refractivity contribution in [3.63, 3.8) is 0 Å². The number of rotatable bonds is 1. The van der Waals surface area contributed by atoms with Crippen LogP contribution in [-0.2, 0) is 12.8 Å². The average Bonchev–Trinajstić information content (AvgIpc) is 3.04. The monoisotopic (exact) mass is 390 g/mol. The van der Waals surface area contributed by atoms with Crippen molar-refractivity contribution in [3.05, 3.63) is 80.4 Å². The van der Waals surface area contributed by atoms with Crippen molar-refractivity contribution < 1.29 is 0 Å². The highest BCUT2D eigenvalue weighted by molar-refractivity contribution is 7.12. The normalized spacial score (nSPS) is 13.7. The van der Waals surface area contributed by atoms with Gasteiger partial charge in [0.2, 0.25) is 5.28 Å². The molecule has 0 amide bonds. The molecule has 1 aromatic heterocycles. The summed E-state index contributed by atoms with van der Waals surface area (Å²) in [5.41, 5.74) is 8.57. The molecule has 0 saturated carbocycles. The van der Waals surface area contributed by atoms with Gasteiger partial charge in [0.25, 0.3) is 0 Å². The van der Waals surface area contributed by atoms with E-state index in [0.717, 1.165) is 36.2 Å². The number of nitrogens with one attached hydrogen (secondary N) is 1. The van der Waals surface area contributed by atoms with E-state index in [2.05, 4.69) is 66.5 Å². The summed E-state index contributed by atoms with van der Waals surface area (Å²) >= 11 is 8.26. The van der Waals surface area contributed by atoms with Crippen LogP contribution >= 0.6 is 22.9 Å². The maximum Gasteiger partial charge on any atom is 0.201 e. The Labute approximate surface area is 167 Å². The first kappa shape index (κ1) is 16.8. The number of hydrogen-bond acceptors (Lipinski definition) is 2. The average molecular weight is 391 g/mol. The summed E-state index contributed by atoms with van der Waals surface area (Å²) in [6.07, 6.45) is 7.40. The number of benzene rings is 2. The summed E-state index contributed by atoms with van der Waals surface area (Å²) in [6, 6.07) is 15.3. The van der Waals surface area contributed by atoms with Crippen molar-refractivity contribution in [2.45, 2.75) is 26.2 Å². The largest absolute Gasteiger partial charge is 0.329 e. The minimum absolute atomic E-state index is 0.421. The number of nitrogens with zero attached hydrogens (tertiary/aromatic N) is 1. The van der Waals surface area contributed by atoms with E-state index in [1.54, 1.807) is 0 Å². The van der Waals surface area contributed by atoms with E-state index in [0.29, 0.717) is 5.28 Å². The van der Waals surface area contributed by atoms with Crippen molar-refractivity contribution in [2.75, 3.05) is 0 Å². The Morgan fingerprint density at radius 2 is 1.93 bits per heavy atom. The molecule has 2 nitrogen and oxygen atoms in total. The SMILES string of the molecule is Cc1sc2c([nH]c(Cl)nc1-c1ccc3c(c1)-c1ccccc1C3)C=CCC2. The van der Waals surface area contributed by atoms with Crippen molar-refractivity contribution in [3.8, 4) is 22.4 Å². The van der Waals surface area contributed by atoms with Crippen LogP contribution in [0.2, 0.25) is 5.28 Å². The lowest BCUT2D eigenvalue weighted by atomic mass is 10.0. The first-order valence-electron chi connectivity index (χ1n) is 9.20. The molecule has 0 radical (unpaired) electrons. The molecule has 0 aliphatic heterocycles. The quantitative estimate of drug-likeness (QED) is 0.382. The molecular formula is C23H19ClN2S. The van der Waals surface area contributed by atoms with Gasteiger partial charge in [-0.25, -0.2) is 4.98 Å². The van der Waals surface area contributed by atoms with Gasteiger partial charge < -0.3 is 4.98 Å². The van der Waals surface area contributed by atoms with Crippen LogP contribution in [0.4, 0.5) is 0 Å². The molecule has 2 aliphatic carbocycles. The van der Waals surface area contributed by atoms with Gasteiger partial charge in [-0.2, -0.15) is 0 Å². The maximum atomic E-state index is 6.45. The first-order valence-corrected chi connectivity index (χ1v) is 10.4. The van der Waals surface area contributed by atoms with Gasteiger partial charge in [-0.1, -0.05) is 42.5 Å². The minimum atomic E-state index is 0.421. The molecule has 27 heavy (non-hydrogen) atoms. The number of hydrogen-bond donors (Lipinski definition) is 1. The van der Waals surface area contributed by atoms with E-state index in [9.17, 15) is 0 Å². The van der Waals surface area contributed by atoms with Gasteiger partial charge in [-0.05, 0) is 72.2 Å². The molecule has 0 atom stereocenters. The van der Waals surface area contributed by atoms with E-state index in [1.165, 1.54) is 32.0 Å². The first-order chi connectivity index (χ1) is 13.2. The van der Waals surface area contributed by atoms with Crippen molar-refractivity contribution in [1.29, 1.82) is 0 Å². The van der Waals surface area contributed by atoms with Crippen LogP contribution in [0.5, 0.6) is 0 Å². The number of aryl methyl sites for hydroxylation is 2. The van der Waals surface area contributed by atoms with Crippen LogP contribution in [0.3, 0.4) is 0 Å². The van der Waals surface area contributed by atoms with Gasteiger partial charge in [0.05, 0.1) is 11.4 Å². The zero-order chi connectivity index (χ0) is 18.4. The molecule has 3 aromatic rings. The third-order valence-electron chi connectivity index (χ3n) is 5.25. The fourth-order valence-corrected chi connectivity index (χ4v) is 5.21. The number of H-pyrrole nitrogens is 1. The number of aromatic amines is 1. The highest BCUT2D eigenvalue weighted by atomic mass is 35.5. The molecule has 0 fully saturated rings. The molecule has 1 N–H and O–H groups in total. The molecular weight excluding hydrogens is 372 g/mol. The Morgan fingerprint density at radius 3 is 2.85 bits per heavy atom. The Hall–Kier alpha value is -2.36. The van der Waals surface area contributed by atoms with Crippen molar-refractivity contribution >= 4 is 29.0 Å². The third-order valence-corrected chi connectivity index (χ3v) is 6.60. The molecule has 2 aliphatic rings. The van der Waals surface area contributed by atoms with Gasteiger partial charge in [0.1, 0.15) is 0 Å².